The van der Waals surface area contributed by atoms with Crippen molar-refractivity contribution in [1.82, 2.24) is 10.0 Å². The first-order valence-electron chi connectivity index (χ1n) is 8.96. The number of benzene rings is 2. The fraction of sp³-hybridized carbons (Fsp3) is 0.250. The van der Waals surface area contributed by atoms with Crippen LogP contribution in [-0.2, 0) is 14.8 Å². The van der Waals surface area contributed by atoms with E-state index in [-0.39, 0.29) is 48.4 Å². The van der Waals surface area contributed by atoms with Crippen LogP contribution in [-0.4, -0.2) is 39.8 Å². The predicted molar refractivity (Wildman–Crippen MR) is 113 cm³/mol. The van der Waals surface area contributed by atoms with Gasteiger partial charge in [0.05, 0.1) is 5.02 Å². The molecule has 0 aliphatic rings. The van der Waals surface area contributed by atoms with E-state index < -0.39 is 21.7 Å². The van der Waals surface area contributed by atoms with Crippen molar-refractivity contribution in [3.05, 3.63) is 71.6 Å². The highest BCUT2D eigenvalue weighted by Crippen LogP contribution is 2.20. The molecule has 7 nitrogen and oxygen atoms in total. The topological polar surface area (TPSA) is 93.7 Å². The molecule has 0 unspecified atom stereocenters. The quantitative estimate of drug-likeness (QED) is 0.512. The molecule has 162 valence electrons. The minimum Gasteiger partial charge on any atom is -0.492 e. The van der Waals surface area contributed by atoms with Gasteiger partial charge >= 0.3 is 0 Å². The third-order valence-electron chi connectivity index (χ3n) is 3.67. The van der Waals surface area contributed by atoms with Gasteiger partial charge in [-0.25, -0.2) is 12.8 Å². The van der Waals surface area contributed by atoms with Gasteiger partial charge in [0.2, 0.25) is 10.0 Å². The van der Waals surface area contributed by atoms with Crippen molar-refractivity contribution in [3.8, 4) is 11.5 Å². The number of nitrogens with one attached hydrogen (secondary N) is 2. The first-order valence-corrected chi connectivity index (χ1v) is 11.0. The zero-order valence-electron chi connectivity index (χ0n) is 16.1. The number of sulfonamides is 1. The van der Waals surface area contributed by atoms with Gasteiger partial charge in [-0.05, 0) is 24.3 Å². The Labute approximate surface area is 179 Å². The van der Waals surface area contributed by atoms with E-state index in [1.54, 1.807) is 24.3 Å². The molecule has 0 heterocycles. The molecule has 0 atom stereocenters. The summed E-state index contributed by atoms with van der Waals surface area (Å²) in [5.41, 5.74) is 0.232. The van der Waals surface area contributed by atoms with Crippen LogP contribution in [0.5, 0.6) is 11.5 Å². The summed E-state index contributed by atoms with van der Waals surface area (Å²) in [6.07, 6.45) is 0.195. The van der Waals surface area contributed by atoms with E-state index in [4.69, 9.17) is 21.1 Å². The molecule has 2 N–H and O–H groups in total. The summed E-state index contributed by atoms with van der Waals surface area (Å²) in [5, 5.41) is 2.51. The van der Waals surface area contributed by atoms with Crippen LogP contribution in [0, 0.1) is 5.82 Å². The smallest absolute Gasteiger partial charge is 0.257 e. The second-order valence-electron chi connectivity index (χ2n) is 6.15. The monoisotopic (exact) mass is 456 g/mol. The van der Waals surface area contributed by atoms with Crippen molar-refractivity contribution in [2.75, 3.05) is 25.5 Å². The van der Waals surface area contributed by atoms with Gasteiger partial charge in [-0.1, -0.05) is 36.4 Å². The molecular formula is C20H22ClFN2O5S. The van der Waals surface area contributed by atoms with Gasteiger partial charge in [0, 0.05) is 24.7 Å². The van der Waals surface area contributed by atoms with Gasteiger partial charge in [0.15, 0.2) is 6.61 Å². The Morgan fingerprint density at radius 3 is 2.53 bits per heavy atom. The number of ether oxygens (including phenoxy) is 2. The molecule has 0 fully saturated rings. The standard InChI is InChI=1S/C20H22ClFN2O5S/c1-15(24-30(26,27)12-11-28-16-5-3-2-4-6-16)9-10-23-20(25)14-29-17-7-8-18(21)19(22)13-17/h2-8,13,24H,1,9-12,14H2,(H,23,25). The van der Waals surface area contributed by atoms with E-state index in [0.29, 0.717) is 5.75 Å². The Bertz CT molecular complexity index is 970. The van der Waals surface area contributed by atoms with Crippen LogP contribution in [0.25, 0.3) is 0 Å². The second kappa shape index (κ2) is 11.4. The zero-order chi connectivity index (χ0) is 22.0. The van der Waals surface area contributed by atoms with Crippen LogP contribution in [0.4, 0.5) is 4.39 Å². The number of halogens is 2. The fourth-order valence-electron chi connectivity index (χ4n) is 2.23. The van der Waals surface area contributed by atoms with E-state index in [2.05, 4.69) is 16.6 Å². The Kier molecular flexibility index (Phi) is 8.94. The molecule has 0 saturated heterocycles. The van der Waals surface area contributed by atoms with Crippen LogP contribution in [0.1, 0.15) is 6.42 Å². The molecule has 0 bridgehead atoms. The highest BCUT2D eigenvalue weighted by molar-refractivity contribution is 7.89. The summed E-state index contributed by atoms with van der Waals surface area (Å²) in [4.78, 5) is 11.8. The largest absolute Gasteiger partial charge is 0.492 e. The molecule has 0 aliphatic heterocycles. The third kappa shape index (κ3) is 8.71. The van der Waals surface area contributed by atoms with Gasteiger partial charge in [0.1, 0.15) is 29.7 Å². The first-order chi connectivity index (χ1) is 14.2. The maximum Gasteiger partial charge on any atom is 0.257 e. The number of amides is 1. The Balaban J connectivity index is 1.63. The van der Waals surface area contributed by atoms with Crippen LogP contribution >= 0.6 is 11.6 Å². The van der Waals surface area contributed by atoms with Crippen LogP contribution in [0.15, 0.2) is 60.8 Å². The van der Waals surface area contributed by atoms with E-state index in [9.17, 15) is 17.6 Å². The molecule has 2 aromatic rings. The fourth-order valence-corrected chi connectivity index (χ4v) is 3.29. The van der Waals surface area contributed by atoms with Crippen LogP contribution in [0.3, 0.4) is 0 Å². The Morgan fingerprint density at radius 2 is 1.83 bits per heavy atom. The first kappa shape index (κ1) is 23.5. The summed E-state index contributed by atoms with van der Waals surface area (Å²) < 4.78 is 50.3. The minimum absolute atomic E-state index is 0.00794. The van der Waals surface area contributed by atoms with Crippen LogP contribution < -0.4 is 19.5 Å². The average molecular weight is 457 g/mol. The maximum atomic E-state index is 13.3. The Hall–Kier alpha value is -2.78. The summed E-state index contributed by atoms with van der Waals surface area (Å²) in [7, 11) is -3.61. The van der Waals surface area contributed by atoms with Crippen molar-refractivity contribution in [3.63, 3.8) is 0 Å². The lowest BCUT2D eigenvalue weighted by Gasteiger charge is -2.12. The lowest BCUT2D eigenvalue weighted by atomic mass is 10.3. The molecule has 0 spiro atoms. The van der Waals surface area contributed by atoms with Crippen molar-refractivity contribution in [1.29, 1.82) is 0 Å². The van der Waals surface area contributed by atoms with Gasteiger partial charge in [-0.2, -0.15) is 0 Å². The van der Waals surface area contributed by atoms with Gasteiger partial charge in [0.25, 0.3) is 5.91 Å². The van der Waals surface area contributed by atoms with Crippen molar-refractivity contribution < 1.29 is 27.1 Å². The molecule has 10 heteroatoms. The number of hydrogen-bond acceptors (Lipinski definition) is 5. The van der Waals surface area contributed by atoms with E-state index in [1.165, 1.54) is 12.1 Å². The Morgan fingerprint density at radius 1 is 1.10 bits per heavy atom. The minimum atomic E-state index is -3.61. The summed E-state index contributed by atoms with van der Waals surface area (Å²) in [5.74, 6) is -0.581. The molecule has 1 amide bonds. The molecule has 0 aliphatic carbocycles. The molecule has 0 aromatic heterocycles. The summed E-state index contributed by atoms with van der Waals surface area (Å²) in [6.45, 7) is 3.47. The number of carbonyl (C=O) groups is 1. The predicted octanol–water partition coefficient (Wildman–Crippen LogP) is 2.88. The molecule has 0 radical (unpaired) electrons. The SMILES string of the molecule is C=C(CCNC(=O)COc1ccc(Cl)c(F)c1)NS(=O)(=O)CCOc1ccccc1. The lowest BCUT2D eigenvalue weighted by Crippen LogP contribution is -2.32. The molecule has 0 saturated carbocycles. The highest BCUT2D eigenvalue weighted by atomic mass is 35.5. The summed E-state index contributed by atoms with van der Waals surface area (Å²) in [6, 6.07) is 12.7. The van der Waals surface area contributed by atoms with E-state index in [1.807, 2.05) is 6.07 Å². The lowest BCUT2D eigenvalue weighted by molar-refractivity contribution is -0.123. The zero-order valence-corrected chi connectivity index (χ0v) is 17.6. The molecular weight excluding hydrogens is 435 g/mol. The number of rotatable bonds is 12. The van der Waals surface area contributed by atoms with E-state index >= 15 is 0 Å². The van der Waals surface area contributed by atoms with Crippen LogP contribution in [0.2, 0.25) is 5.02 Å². The number of para-hydroxylation sites is 1. The second-order valence-corrected chi connectivity index (χ2v) is 8.40. The molecule has 2 rings (SSSR count). The highest BCUT2D eigenvalue weighted by Gasteiger charge is 2.12. The summed E-state index contributed by atoms with van der Waals surface area (Å²) >= 11 is 5.57. The van der Waals surface area contributed by atoms with Gasteiger partial charge < -0.3 is 14.8 Å². The van der Waals surface area contributed by atoms with Crippen molar-refractivity contribution in [2.45, 2.75) is 6.42 Å². The van der Waals surface area contributed by atoms with Crippen molar-refractivity contribution in [2.24, 2.45) is 0 Å². The molecule has 2 aromatic carbocycles. The maximum absolute atomic E-state index is 13.3. The third-order valence-corrected chi connectivity index (χ3v) is 5.28. The molecule has 30 heavy (non-hydrogen) atoms. The van der Waals surface area contributed by atoms with Crippen molar-refractivity contribution >= 4 is 27.5 Å². The number of hydrogen-bond donors (Lipinski definition) is 2. The average Bonchev–Trinajstić information content (AvgIpc) is 2.69. The van der Waals surface area contributed by atoms with Gasteiger partial charge in [-0.15, -0.1) is 0 Å². The van der Waals surface area contributed by atoms with E-state index in [0.717, 1.165) is 6.07 Å². The normalized spacial score (nSPS) is 10.9. The number of carbonyl (C=O) groups excluding carboxylic acids is 1. The van der Waals surface area contributed by atoms with Gasteiger partial charge in [-0.3, -0.25) is 9.52 Å².